The molecule has 0 bridgehead atoms. The number of carbonyl (C=O) groups is 2. The highest BCUT2D eigenvalue weighted by Gasteiger charge is 2.65. The normalized spacial score (nSPS) is 29.1. The van der Waals surface area contributed by atoms with Crippen LogP contribution in [-0.4, -0.2) is 24.5 Å². The van der Waals surface area contributed by atoms with Crippen LogP contribution in [0, 0.1) is 17.3 Å². The van der Waals surface area contributed by atoms with Gasteiger partial charge in [0.1, 0.15) is 5.76 Å². The number of hydrogen-bond donors (Lipinski definition) is 1. The van der Waals surface area contributed by atoms with Gasteiger partial charge in [-0.25, -0.2) is 0 Å². The molecule has 15 heavy (non-hydrogen) atoms. The number of carbonyl (C=O) groups excluding carboxylic acids is 1. The van der Waals surface area contributed by atoms with Crippen molar-refractivity contribution in [1.82, 2.24) is 0 Å². The summed E-state index contributed by atoms with van der Waals surface area (Å²) < 4.78 is 17.8. The molecule has 0 spiro atoms. The van der Waals surface area contributed by atoms with Crippen molar-refractivity contribution in [3.8, 4) is 0 Å². The predicted molar refractivity (Wildman–Crippen MR) is 49.6 cm³/mol. The van der Waals surface area contributed by atoms with Crippen molar-refractivity contribution >= 4 is 12.3 Å². The van der Waals surface area contributed by atoms with Crippen LogP contribution in [0.15, 0.2) is 11.6 Å². The van der Waals surface area contributed by atoms with Crippen LogP contribution in [0.1, 0.15) is 13.8 Å². The van der Waals surface area contributed by atoms with Crippen LogP contribution in [0.4, 0.5) is 4.39 Å². The molecule has 0 aromatic rings. The smallest absolute Gasteiger partial charge is 0.307 e. The number of aliphatic carboxylic acids is 1. The van der Waals surface area contributed by atoms with Gasteiger partial charge in [-0.2, -0.15) is 4.39 Å². The highest BCUT2D eigenvalue weighted by atomic mass is 19.1. The van der Waals surface area contributed by atoms with Crippen LogP contribution < -0.4 is 0 Å². The zero-order chi connectivity index (χ0) is 11.8. The van der Waals surface area contributed by atoms with Crippen molar-refractivity contribution in [2.75, 3.05) is 7.11 Å². The quantitative estimate of drug-likeness (QED) is 0.438. The van der Waals surface area contributed by atoms with Crippen molar-refractivity contribution in [1.29, 1.82) is 0 Å². The molecule has 5 heteroatoms. The topological polar surface area (TPSA) is 63.6 Å². The molecule has 1 N–H and O–H groups in total. The summed E-state index contributed by atoms with van der Waals surface area (Å²) in [4.78, 5) is 21.1. The number of aldehydes is 1. The zero-order valence-corrected chi connectivity index (χ0v) is 8.78. The largest absolute Gasteiger partial charge is 0.498 e. The molecule has 2 atom stereocenters. The number of hydrogen-bond acceptors (Lipinski definition) is 3. The van der Waals surface area contributed by atoms with Gasteiger partial charge >= 0.3 is 5.97 Å². The second-order valence-corrected chi connectivity index (χ2v) is 4.15. The van der Waals surface area contributed by atoms with Crippen LogP contribution in [0.3, 0.4) is 0 Å². The molecule has 1 aliphatic rings. The fourth-order valence-electron chi connectivity index (χ4n) is 2.02. The van der Waals surface area contributed by atoms with Gasteiger partial charge in [-0.1, -0.05) is 13.8 Å². The van der Waals surface area contributed by atoms with Crippen molar-refractivity contribution < 1.29 is 23.8 Å². The van der Waals surface area contributed by atoms with E-state index in [0.717, 1.165) is 0 Å². The number of allylic oxidation sites excluding steroid dienone is 2. The molecule has 2 unspecified atom stereocenters. The highest BCUT2D eigenvalue weighted by molar-refractivity contribution is 5.78. The number of rotatable bonds is 4. The maximum atomic E-state index is 13.1. The Morgan fingerprint density at radius 2 is 2.00 bits per heavy atom. The van der Waals surface area contributed by atoms with Gasteiger partial charge < -0.3 is 9.84 Å². The second-order valence-electron chi connectivity index (χ2n) is 4.15. The van der Waals surface area contributed by atoms with E-state index in [1.165, 1.54) is 7.11 Å². The molecule has 1 aliphatic carbocycles. The molecular weight excluding hydrogens is 203 g/mol. The van der Waals surface area contributed by atoms with E-state index >= 15 is 0 Å². The second kappa shape index (κ2) is 3.64. The first-order valence-corrected chi connectivity index (χ1v) is 4.49. The third-order valence-electron chi connectivity index (χ3n) is 2.93. The Balaban J connectivity index is 3.01. The number of ether oxygens (including phenoxy) is 1. The molecule has 1 fully saturated rings. The van der Waals surface area contributed by atoms with Gasteiger partial charge in [0.2, 0.25) is 5.83 Å². The molecular formula is C10H13FO4. The summed E-state index contributed by atoms with van der Waals surface area (Å²) in [6, 6.07) is 0. The predicted octanol–water partition coefficient (Wildman–Crippen LogP) is 1.37. The maximum Gasteiger partial charge on any atom is 0.307 e. The maximum absolute atomic E-state index is 13.1. The first kappa shape index (κ1) is 11.7. The summed E-state index contributed by atoms with van der Waals surface area (Å²) in [7, 11) is 1.23. The summed E-state index contributed by atoms with van der Waals surface area (Å²) in [6.07, 6.45) is 0.0339. The first-order valence-electron chi connectivity index (χ1n) is 4.49. The van der Waals surface area contributed by atoms with Crippen LogP contribution >= 0.6 is 0 Å². The van der Waals surface area contributed by atoms with Crippen LogP contribution in [0.25, 0.3) is 0 Å². The van der Waals surface area contributed by atoms with E-state index in [-0.39, 0.29) is 12.0 Å². The summed E-state index contributed by atoms with van der Waals surface area (Å²) in [5, 5.41) is 8.87. The van der Waals surface area contributed by atoms with E-state index in [4.69, 9.17) is 9.84 Å². The minimum Gasteiger partial charge on any atom is -0.498 e. The van der Waals surface area contributed by atoms with Crippen LogP contribution in [0.5, 0.6) is 0 Å². The molecule has 0 aromatic heterocycles. The van der Waals surface area contributed by atoms with Gasteiger partial charge in [0.05, 0.1) is 13.0 Å². The molecule has 0 aromatic carbocycles. The van der Waals surface area contributed by atoms with Gasteiger partial charge in [0.25, 0.3) is 0 Å². The third kappa shape index (κ3) is 1.73. The molecule has 0 radical (unpaired) electrons. The van der Waals surface area contributed by atoms with Gasteiger partial charge in [0.15, 0.2) is 6.29 Å². The Kier molecular flexibility index (Phi) is 2.83. The van der Waals surface area contributed by atoms with Crippen molar-refractivity contribution in [2.45, 2.75) is 13.8 Å². The van der Waals surface area contributed by atoms with Crippen molar-refractivity contribution in [3.63, 3.8) is 0 Å². The molecule has 0 amide bonds. The molecule has 1 rings (SSSR count). The molecule has 0 heterocycles. The standard InChI is InChI=1S/C10H13FO4/c1-10(2)6(7(10)9(13)14)8(15-3)5(11)4-12/h4,6-7H,1-3H3,(H,13,14). The Bertz CT molecular complexity index is 332. The Morgan fingerprint density at radius 1 is 1.47 bits per heavy atom. The molecule has 0 aliphatic heterocycles. The Morgan fingerprint density at radius 3 is 2.27 bits per heavy atom. The summed E-state index contributed by atoms with van der Waals surface area (Å²) in [6.45, 7) is 3.40. The lowest BCUT2D eigenvalue weighted by Crippen LogP contribution is -2.04. The number of methoxy groups -OCH3 is 1. The summed E-state index contributed by atoms with van der Waals surface area (Å²) >= 11 is 0. The molecule has 84 valence electrons. The van der Waals surface area contributed by atoms with Gasteiger partial charge in [-0.15, -0.1) is 0 Å². The third-order valence-corrected chi connectivity index (χ3v) is 2.93. The van der Waals surface area contributed by atoms with Crippen molar-refractivity contribution in [3.05, 3.63) is 11.6 Å². The Hall–Kier alpha value is -1.39. The van der Waals surface area contributed by atoms with Crippen LogP contribution in [0.2, 0.25) is 0 Å². The minimum atomic E-state index is -1.03. The highest BCUT2D eigenvalue weighted by Crippen LogP contribution is 2.62. The zero-order valence-electron chi connectivity index (χ0n) is 8.78. The fourth-order valence-corrected chi connectivity index (χ4v) is 2.02. The average Bonchev–Trinajstić information content (AvgIpc) is 2.70. The van der Waals surface area contributed by atoms with Crippen molar-refractivity contribution in [2.24, 2.45) is 17.3 Å². The SMILES string of the molecule is COC(=C(F)C=O)C1C(C(=O)O)C1(C)C. The summed E-state index contributed by atoms with van der Waals surface area (Å²) in [5.74, 6) is -3.46. The van der Waals surface area contributed by atoms with E-state index in [9.17, 15) is 14.0 Å². The van der Waals surface area contributed by atoms with E-state index in [2.05, 4.69) is 0 Å². The fraction of sp³-hybridized carbons (Fsp3) is 0.600. The number of carboxylic acids is 1. The monoisotopic (exact) mass is 216 g/mol. The Labute approximate surface area is 86.7 Å². The minimum absolute atomic E-state index is 0.0339. The lowest BCUT2D eigenvalue weighted by Gasteiger charge is -2.06. The number of carboxylic acid groups (broad SMARTS) is 1. The number of halogens is 1. The van der Waals surface area contributed by atoms with E-state index in [1.54, 1.807) is 13.8 Å². The lowest BCUT2D eigenvalue weighted by atomic mass is 10.1. The average molecular weight is 216 g/mol. The van der Waals surface area contributed by atoms with E-state index in [1.807, 2.05) is 0 Å². The van der Waals surface area contributed by atoms with Gasteiger partial charge in [-0.3, -0.25) is 9.59 Å². The molecule has 4 nitrogen and oxygen atoms in total. The molecule has 0 saturated heterocycles. The van der Waals surface area contributed by atoms with E-state index < -0.39 is 29.0 Å². The summed E-state index contributed by atoms with van der Waals surface area (Å²) in [5.41, 5.74) is -0.572. The molecule has 1 saturated carbocycles. The van der Waals surface area contributed by atoms with Gasteiger partial charge in [-0.05, 0) is 5.41 Å². The van der Waals surface area contributed by atoms with Crippen LogP contribution in [-0.2, 0) is 14.3 Å². The lowest BCUT2D eigenvalue weighted by molar-refractivity contribution is -0.139. The van der Waals surface area contributed by atoms with E-state index in [0.29, 0.717) is 0 Å². The first-order chi connectivity index (χ1) is 6.87. The van der Waals surface area contributed by atoms with Gasteiger partial charge in [0, 0.05) is 5.92 Å².